The Morgan fingerprint density at radius 3 is 1.32 bits per heavy atom. The monoisotopic (exact) mass is 568 g/mol. The smallest absolute Gasteiger partial charge is 0.726 e. The van der Waals surface area contributed by atoms with E-state index in [1.165, 1.54) is 135 Å². The van der Waals surface area contributed by atoms with Gasteiger partial charge in [0.05, 0.1) is 6.61 Å². The zero-order chi connectivity index (χ0) is 26.6. The van der Waals surface area contributed by atoms with Crippen molar-refractivity contribution >= 4 is 10.4 Å². The molecule has 0 fully saturated rings. The van der Waals surface area contributed by atoms with Crippen molar-refractivity contribution in [2.24, 2.45) is 5.92 Å². The van der Waals surface area contributed by atoms with Gasteiger partial charge in [-0.15, -0.1) is 0 Å². The molecular formula is C31H61KO4S. The SMILES string of the molecule is CCCCCCCCCCCCCCCCCC/C=C/C(CCCCCCCCC)COS(=O)(=O)[O-].[K+]. The minimum absolute atomic E-state index is 0. The van der Waals surface area contributed by atoms with Crippen LogP contribution < -0.4 is 51.4 Å². The van der Waals surface area contributed by atoms with Crippen LogP contribution in [0.1, 0.15) is 174 Å². The maximum Gasteiger partial charge on any atom is 1.00 e. The first-order valence-electron chi connectivity index (χ1n) is 15.8. The van der Waals surface area contributed by atoms with E-state index in [0.29, 0.717) is 0 Å². The van der Waals surface area contributed by atoms with Crippen LogP contribution >= 0.6 is 0 Å². The number of hydrogen-bond acceptors (Lipinski definition) is 4. The molecule has 1 atom stereocenters. The molecule has 216 valence electrons. The van der Waals surface area contributed by atoms with Crippen molar-refractivity contribution < 1.29 is 68.5 Å². The zero-order valence-corrected chi connectivity index (χ0v) is 29.1. The predicted molar refractivity (Wildman–Crippen MR) is 155 cm³/mol. The third-order valence-electron chi connectivity index (χ3n) is 7.24. The molecule has 0 heterocycles. The van der Waals surface area contributed by atoms with Gasteiger partial charge in [0, 0.05) is 5.92 Å². The number of hydrogen-bond donors (Lipinski definition) is 0. The van der Waals surface area contributed by atoms with Crippen LogP contribution in [-0.2, 0) is 14.6 Å². The molecule has 6 heteroatoms. The molecule has 0 aromatic heterocycles. The van der Waals surface area contributed by atoms with E-state index < -0.39 is 10.4 Å². The molecule has 37 heavy (non-hydrogen) atoms. The first kappa shape index (κ1) is 40.4. The van der Waals surface area contributed by atoms with E-state index in [-0.39, 0.29) is 63.9 Å². The van der Waals surface area contributed by atoms with Crippen LogP contribution in [0.2, 0.25) is 0 Å². The third-order valence-corrected chi connectivity index (χ3v) is 7.66. The second-order valence-corrected chi connectivity index (χ2v) is 11.9. The molecule has 0 amide bonds. The molecule has 0 bridgehead atoms. The first-order valence-corrected chi connectivity index (χ1v) is 17.1. The van der Waals surface area contributed by atoms with Gasteiger partial charge >= 0.3 is 51.4 Å². The molecular weight excluding hydrogens is 508 g/mol. The van der Waals surface area contributed by atoms with Gasteiger partial charge in [-0.2, -0.15) is 0 Å². The van der Waals surface area contributed by atoms with Crippen LogP contribution in [0.25, 0.3) is 0 Å². The van der Waals surface area contributed by atoms with E-state index in [0.717, 1.165) is 25.7 Å². The average Bonchev–Trinajstić information content (AvgIpc) is 2.84. The Bertz CT molecular complexity index is 566. The van der Waals surface area contributed by atoms with Gasteiger partial charge in [-0.3, -0.25) is 4.18 Å². The Morgan fingerprint density at radius 2 is 0.946 bits per heavy atom. The number of rotatable bonds is 29. The molecule has 0 N–H and O–H groups in total. The Morgan fingerprint density at radius 1 is 0.595 bits per heavy atom. The van der Waals surface area contributed by atoms with E-state index in [9.17, 15) is 13.0 Å². The first-order chi connectivity index (χ1) is 17.5. The van der Waals surface area contributed by atoms with Crippen molar-refractivity contribution in [2.75, 3.05) is 6.61 Å². The Hall–Kier alpha value is 1.25. The molecule has 0 radical (unpaired) electrons. The number of allylic oxidation sites excluding steroid dienone is 1. The van der Waals surface area contributed by atoms with Crippen LogP contribution in [0.15, 0.2) is 12.2 Å². The maximum absolute atomic E-state index is 10.9. The molecule has 0 aromatic rings. The van der Waals surface area contributed by atoms with Gasteiger partial charge in [-0.1, -0.05) is 167 Å². The van der Waals surface area contributed by atoms with Gasteiger partial charge in [0.15, 0.2) is 0 Å². The fourth-order valence-corrected chi connectivity index (χ4v) is 5.21. The largest absolute Gasteiger partial charge is 1.00 e. The minimum Gasteiger partial charge on any atom is -0.726 e. The molecule has 0 saturated carbocycles. The van der Waals surface area contributed by atoms with E-state index in [4.69, 9.17) is 0 Å². The van der Waals surface area contributed by atoms with Crippen molar-refractivity contribution in [1.29, 1.82) is 0 Å². The Kier molecular flexibility index (Phi) is 34.7. The average molecular weight is 569 g/mol. The molecule has 0 rings (SSSR count). The molecule has 4 nitrogen and oxygen atoms in total. The van der Waals surface area contributed by atoms with Crippen LogP contribution in [0.4, 0.5) is 0 Å². The fraction of sp³-hybridized carbons (Fsp3) is 0.935. The van der Waals surface area contributed by atoms with Gasteiger partial charge < -0.3 is 4.55 Å². The molecule has 0 aliphatic carbocycles. The van der Waals surface area contributed by atoms with Gasteiger partial charge in [-0.05, 0) is 19.3 Å². The van der Waals surface area contributed by atoms with Crippen LogP contribution in [0.5, 0.6) is 0 Å². The Labute approximate surface area is 275 Å². The van der Waals surface area contributed by atoms with Crippen LogP contribution in [0.3, 0.4) is 0 Å². The topological polar surface area (TPSA) is 66.4 Å². The molecule has 0 aliphatic heterocycles. The van der Waals surface area contributed by atoms with Gasteiger partial charge in [0.1, 0.15) is 0 Å². The van der Waals surface area contributed by atoms with E-state index in [2.05, 4.69) is 30.2 Å². The van der Waals surface area contributed by atoms with Crippen LogP contribution in [-0.4, -0.2) is 19.6 Å². The Balaban J connectivity index is 0. The number of unbranched alkanes of at least 4 members (excludes halogenated alkanes) is 22. The van der Waals surface area contributed by atoms with Gasteiger partial charge in [0.25, 0.3) is 0 Å². The minimum atomic E-state index is -4.61. The van der Waals surface area contributed by atoms with Crippen LogP contribution in [0, 0.1) is 5.92 Å². The van der Waals surface area contributed by atoms with Crippen molar-refractivity contribution in [3.8, 4) is 0 Å². The fourth-order valence-electron chi connectivity index (χ4n) is 4.87. The van der Waals surface area contributed by atoms with Gasteiger partial charge in [0.2, 0.25) is 10.4 Å². The second-order valence-electron chi connectivity index (χ2n) is 10.9. The maximum atomic E-state index is 10.9. The summed E-state index contributed by atoms with van der Waals surface area (Å²) in [5, 5.41) is 0. The summed E-state index contributed by atoms with van der Waals surface area (Å²) in [7, 11) is -4.61. The summed E-state index contributed by atoms with van der Waals surface area (Å²) in [5.74, 6) is 0.0189. The van der Waals surface area contributed by atoms with Gasteiger partial charge in [-0.25, -0.2) is 8.42 Å². The molecule has 0 aliphatic rings. The zero-order valence-electron chi connectivity index (χ0n) is 25.2. The summed E-state index contributed by atoms with van der Waals surface area (Å²) in [6.07, 6.45) is 36.7. The second kappa shape index (κ2) is 31.8. The van der Waals surface area contributed by atoms with E-state index in [1.807, 2.05) is 0 Å². The van der Waals surface area contributed by atoms with Crippen molar-refractivity contribution in [3.63, 3.8) is 0 Å². The molecule has 0 spiro atoms. The quantitative estimate of drug-likeness (QED) is 0.0309. The summed E-state index contributed by atoms with van der Waals surface area (Å²) in [5.41, 5.74) is 0. The molecule has 1 unspecified atom stereocenters. The molecule has 0 saturated heterocycles. The summed E-state index contributed by atoms with van der Waals surface area (Å²) in [6, 6.07) is 0. The normalized spacial score (nSPS) is 12.7. The summed E-state index contributed by atoms with van der Waals surface area (Å²) in [6.45, 7) is 4.49. The molecule has 0 aromatic carbocycles. The van der Waals surface area contributed by atoms with Crippen molar-refractivity contribution in [3.05, 3.63) is 12.2 Å². The van der Waals surface area contributed by atoms with Crippen molar-refractivity contribution in [1.82, 2.24) is 0 Å². The van der Waals surface area contributed by atoms with Crippen molar-refractivity contribution in [2.45, 2.75) is 174 Å². The predicted octanol–water partition coefficient (Wildman–Crippen LogP) is 7.43. The standard InChI is InChI=1S/C31H62O4S.K/c1-3-5-7-9-11-12-13-14-15-16-17-18-19-20-21-23-25-27-29-31(30-35-36(32,33)34)28-26-24-22-10-8-6-4-2;/h27,29,31H,3-26,28,30H2,1-2H3,(H,32,33,34);/q;+1/p-1/b29-27+;. The summed E-state index contributed by atoms with van der Waals surface area (Å²) >= 11 is 0. The van der Waals surface area contributed by atoms with E-state index in [1.54, 1.807) is 0 Å². The third kappa shape index (κ3) is 35.2. The van der Waals surface area contributed by atoms with E-state index >= 15 is 0 Å². The summed E-state index contributed by atoms with van der Waals surface area (Å²) < 4.78 is 37.1. The summed E-state index contributed by atoms with van der Waals surface area (Å²) in [4.78, 5) is 0.